The van der Waals surface area contributed by atoms with Crippen molar-refractivity contribution in [1.82, 2.24) is 4.90 Å². The van der Waals surface area contributed by atoms with Gasteiger partial charge in [-0.3, -0.25) is 9.59 Å². The van der Waals surface area contributed by atoms with Crippen LogP contribution in [0.15, 0.2) is 29.2 Å². The Morgan fingerprint density at radius 3 is 2.17 bits per heavy atom. The van der Waals surface area contributed by atoms with E-state index in [2.05, 4.69) is 0 Å². The zero-order valence-corrected chi connectivity index (χ0v) is 14.8. The first kappa shape index (κ1) is 18.4. The Kier molecular flexibility index (Phi) is 5.64. The Hall–Kier alpha value is -1.89. The number of carboxylic acids is 1. The van der Waals surface area contributed by atoms with Crippen LogP contribution in [-0.4, -0.2) is 48.1 Å². The summed E-state index contributed by atoms with van der Waals surface area (Å²) in [6, 6.07) is 5.54. The quantitative estimate of drug-likeness (QED) is 0.847. The van der Waals surface area contributed by atoms with Gasteiger partial charge in [-0.2, -0.15) is 0 Å². The number of carbonyl (C=O) groups is 2. The van der Waals surface area contributed by atoms with E-state index >= 15 is 0 Å². The van der Waals surface area contributed by atoms with Crippen LogP contribution in [0.25, 0.3) is 0 Å². The second-order valence-corrected chi connectivity index (χ2v) is 8.62. The molecular weight excluding hydrogens is 330 g/mol. The van der Waals surface area contributed by atoms with E-state index in [4.69, 9.17) is 5.11 Å². The second-order valence-electron chi connectivity index (χ2n) is 6.40. The van der Waals surface area contributed by atoms with Crippen LogP contribution in [0, 0.1) is 0 Å². The molecule has 0 bridgehead atoms. The zero-order chi connectivity index (χ0) is 17.9. The molecule has 7 heteroatoms. The van der Waals surface area contributed by atoms with Gasteiger partial charge in [-0.1, -0.05) is 12.8 Å². The first-order chi connectivity index (χ1) is 11.2. The van der Waals surface area contributed by atoms with Gasteiger partial charge >= 0.3 is 5.97 Å². The molecule has 0 aromatic heterocycles. The van der Waals surface area contributed by atoms with Crippen molar-refractivity contribution in [2.24, 2.45) is 0 Å². The summed E-state index contributed by atoms with van der Waals surface area (Å²) >= 11 is 0. The van der Waals surface area contributed by atoms with Gasteiger partial charge in [-0.05, 0) is 51.0 Å². The lowest BCUT2D eigenvalue weighted by molar-refractivity contribution is -0.138. The molecule has 1 amide bonds. The van der Waals surface area contributed by atoms with E-state index < -0.39 is 28.3 Å². The summed E-state index contributed by atoms with van der Waals surface area (Å²) < 4.78 is 25.1. The summed E-state index contributed by atoms with van der Waals surface area (Å²) in [7, 11) is -3.36. The number of carboxylic acid groups (broad SMARTS) is 1. The van der Waals surface area contributed by atoms with Crippen LogP contribution >= 0.6 is 0 Å². The lowest BCUT2D eigenvalue weighted by Crippen LogP contribution is -2.40. The average Bonchev–Trinajstić information content (AvgIpc) is 3.07. The largest absolute Gasteiger partial charge is 0.480 e. The number of sulfone groups is 1. The number of carbonyl (C=O) groups excluding carboxylic acids is 1. The standard InChI is InChI=1S/C17H23NO5S/c1-12(2)18(11-16(19)20)17(21)13-7-9-15(10-8-13)24(22,23)14-5-3-4-6-14/h7-10,12,14H,3-6,11H2,1-2H3,(H,19,20). The Morgan fingerprint density at radius 1 is 1.17 bits per heavy atom. The molecular formula is C17H23NO5S. The zero-order valence-electron chi connectivity index (χ0n) is 13.9. The molecule has 1 aromatic carbocycles. The van der Waals surface area contributed by atoms with E-state index in [0.29, 0.717) is 12.8 Å². The molecule has 1 aliphatic rings. The van der Waals surface area contributed by atoms with Crippen molar-refractivity contribution in [3.8, 4) is 0 Å². The molecule has 1 fully saturated rings. The first-order valence-electron chi connectivity index (χ1n) is 8.10. The van der Waals surface area contributed by atoms with E-state index in [1.165, 1.54) is 29.2 Å². The van der Waals surface area contributed by atoms with Gasteiger partial charge in [0.2, 0.25) is 0 Å². The minimum absolute atomic E-state index is 0.222. The Morgan fingerprint density at radius 2 is 1.71 bits per heavy atom. The van der Waals surface area contributed by atoms with Crippen LogP contribution in [-0.2, 0) is 14.6 Å². The van der Waals surface area contributed by atoms with Crippen molar-refractivity contribution in [2.75, 3.05) is 6.54 Å². The second kappa shape index (κ2) is 7.34. The molecule has 24 heavy (non-hydrogen) atoms. The fourth-order valence-electron chi connectivity index (χ4n) is 2.98. The minimum atomic E-state index is -3.36. The summed E-state index contributed by atoms with van der Waals surface area (Å²) in [5, 5.41) is 8.59. The van der Waals surface area contributed by atoms with E-state index in [-0.39, 0.29) is 21.8 Å². The molecule has 1 N–H and O–H groups in total. The SMILES string of the molecule is CC(C)N(CC(=O)O)C(=O)c1ccc(S(=O)(=O)C2CCCC2)cc1. The minimum Gasteiger partial charge on any atom is -0.480 e. The van der Waals surface area contributed by atoms with Gasteiger partial charge < -0.3 is 10.0 Å². The monoisotopic (exact) mass is 353 g/mol. The fourth-order valence-corrected chi connectivity index (χ4v) is 4.83. The summed E-state index contributed by atoms with van der Waals surface area (Å²) in [5.41, 5.74) is 0.287. The van der Waals surface area contributed by atoms with Crippen molar-refractivity contribution in [2.45, 2.75) is 55.7 Å². The number of aliphatic carboxylic acids is 1. The van der Waals surface area contributed by atoms with Gasteiger partial charge in [0, 0.05) is 11.6 Å². The first-order valence-corrected chi connectivity index (χ1v) is 9.65. The molecule has 2 rings (SSSR count). The highest BCUT2D eigenvalue weighted by Gasteiger charge is 2.30. The van der Waals surface area contributed by atoms with E-state index in [9.17, 15) is 18.0 Å². The third-order valence-electron chi connectivity index (χ3n) is 4.36. The molecule has 1 aliphatic carbocycles. The third-order valence-corrected chi connectivity index (χ3v) is 6.64. The molecule has 0 unspecified atom stereocenters. The van der Waals surface area contributed by atoms with Gasteiger partial charge in [-0.25, -0.2) is 8.42 Å². The highest BCUT2D eigenvalue weighted by Crippen LogP contribution is 2.29. The molecule has 1 aromatic rings. The Balaban J connectivity index is 2.22. The summed E-state index contributed by atoms with van der Waals surface area (Å²) in [6.07, 6.45) is 3.23. The van der Waals surface area contributed by atoms with E-state index in [1.807, 2.05) is 0 Å². The highest BCUT2D eigenvalue weighted by molar-refractivity contribution is 7.92. The lowest BCUT2D eigenvalue weighted by Gasteiger charge is -2.25. The number of amides is 1. The Labute approximate surface area is 142 Å². The van der Waals surface area contributed by atoms with E-state index in [0.717, 1.165) is 12.8 Å². The van der Waals surface area contributed by atoms with Crippen molar-refractivity contribution in [1.29, 1.82) is 0 Å². The summed E-state index contributed by atoms with van der Waals surface area (Å²) in [6.45, 7) is 3.08. The van der Waals surface area contributed by atoms with Gasteiger partial charge in [0.15, 0.2) is 9.84 Å². The number of hydrogen-bond acceptors (Lipinski definition) is 4. The lowest BCUT2D eigenvalue weighted by atomic mass is 10.1. The maximum Gasteiger partial charge on any atom is 0.323 e. The van der Waals surface area contributed by atoms with Crippen LogP contribution in [0.4, 0.5) is 0 Å². The Bertz CT molecular complexity index is 703. The number of rotatable bonds is 6. The van der Waals surface area contributed by atoms with Crippen molar-refractivity contribution < 1.29 is 23.1 Å². The van der Waals surface area contributed by atoms with Gasteiger partial charge in [0.1, 0.15) is 6.54 Å². The molecule has 0 atom stereocenters. The normalized spacial score (nSPS) is 15.6. The molecule has 6 nitrogen and oxygen atoms in total. The number of benzene rings is 1. The molecule has 0 radical (unpaired) electrons. The van der Waals surface area contributed by atoms with Crippen LogP contribution in [0.1, 0.15) is 49.9 Å². The molecule has 1 saturated carbocycles. The predicted molar refractivity (Wildman–Crippen MR) is 89.7 cm³/mol. The molecule has 0 heterocycles. The maximum absolute atomic E-state index is 12.5. The predicted octanol–water partition coefficient (Wildman–Crippen LogP) is 2.34. The van der Waals surface area contributed by atoms with Gasteiger partial charge in [0.05, 0.1) is 10.1 Å². The summed E-state index contributed by atoms with van der Waals surface area (Å²) in [4.78, 5) is 24.8. The van der Waals surface area contributed by atoms with Crippen molar-refractivity contribution >= 4 is 21.7 Å². The number of nitrogens with zero attached hydrogens (tertiary/aromatic N) is 1. The van der Waals surface area contributed by atoms with Crippen molar-refractivity contribution in [3.05, 3.63) is 29.8 Å². The van der Waals surface area contributed by atoms with E-state index in [1.54, 1.807) is 13.8 Å². The number of hydrogen-bond donors (Lipinski definition) is 1. The van der Waals surface area contributed by atoms with Crippen molar-refractivity contribution in [3.63, 3.8) is 0 Å². The smallest absolute Gasteiger partial charge is 0.323 e. The molecule has 0 spiro atoms. The van der Waals surface area contributed by atoms with Crippen LogP contribution < -0.4 is 0 Å². The fraction of sp³-hybridized carbons (Fsp3) is 0.529. The molecule has 0 saturated heterocycles. The molecule has 0 aliphatic heterocycles. The van der Waals surface area contributed by atoms with Crippen LogP contribution in [0.3, 0.4) is 0 Å². The third kappa shape index (κ3) is 3.95. The van der Waals surface area contributed by atoms with Gasteiger partial charge in [0.25, 0.3) is 5.91 Å². The maximum atomic E-state index is 12.5. The van der Waals surface area contributed by atoms with Crippen LogP contribution in [0.2, 0.25) is 0 Å². The average molecular weight is 353 g/mol. The molecule has 132 valence electrons. The topological polar surface area (TPSA) is 91.8 Å². The van der Waals surface area contributed by atoms with Gasteiger partial charge in [-0.15, -0.1) is 0 Å². The highest BCUT2D eigenvalue weighted by atomic mass is 32.2. The van der Waals surface area contributed by atoms with Crippen LogP contribution in [0.5, 0.6) is 0 Å². The summed E-state index contributed by atoms with van der Waals surface area (Å²) in [5.74, 6) is -1.50.